The Morgan fingerprint density at radius 1 is 0.941 bits per heavy atom. The first-order chi connectivity index (χ1) is 23.5. The summed E-state index contributed by atoms with van der Waals surface area (Å²) >= 11 is 0. The third-order valence-corrected chi connectivity index (χ3v) is 11.7. The molecule has 0 aromatic heterocycles. The number of carbonyl (C=O) groups is 1. The lowest BCUT2D eigenvalue weighted by molar-refractivity contribution is -0.318. The number of rotatable bonds is 7. The highest BCUT2D eigenvalue weighted by molar-refractivity contribution is 5.73. The minimum Gasteiger partial charge on any atom is -0.459 e. The van der Waals surface area contributed by atoms with Gasteiger partial charge in [-0.05, 0) is 94.3 Å². The molecule has 0 aliphatic carbocycles. The fourth-order valence-corrected chi connectivity index (χ4v) is 8.36. The van der Waals surface area contributed by atoms with Crippen molar-refractivity contribution in [2.75, 3.05) is 27.7 Å². The van der Waals surface area contributed by atoms with E-state index in [2.05, 4.69) is 5.32 Å². The summed E-state index contributed by atoms with van der Waals surface area (Å²) in [4.78, 5) is 16.1. The summed E-state index contributed by atoms with van der Waals surface area (Å²) in [5.74, 6) is -2.60. The third-order valence-electron chi connectivity index (χ3n) is 11.7. The van der Waals surface area contributed by atoms with Crippen LogP contribution in [0.5, 0.6) is 0 Å². The first kappa shape index (κ1) is 44.4. The number of esters is 1. The highest BCUT2D eigenvalue weighted by atomic mass is 16.7. The van der Waals surface area contributed by atoms with Crippen molar-refractivity contribution in [1.29, 1.82) is 0 Å². The Morgan fingerprint density at radius 2 is 1.57 bits per heavy atom. The maximum atomic E-state index is 14.1. The zero-order valence-corrected chi connectivity index (χ0v) is 33.2. The van der Waals surface area contributed by atoms with Crippen molar-refractivity contribution in [3.05, 3.63) is 0 Å². The van der Waals surface area contributed by atoms with Crippen LogP contribution >= 0.6 is 0 Å². The lowest BCUT2D eigenvalue weighted by atomic mass is 9.77. The van der Waals surface area contributed by atoms with E-state index in [1.165, 1.54) is 14.0 Å². The molecule has 0 aromatic rings. The van der Waals surface area contributed by atoms with E-state index in [1.807, 2.05) is 39.8 Å². The number of carbonyl (C=O) groups excluding carboxylic acids is 1. The Kier molecular flexibility index (Phi) is 15.3. The van der Waals surface area contributed by atoms with Gasteiger partial charge in [-0.1, -0.05) is 20.8 Å². The summed E-state index contributed by atoms with van der Waals surface area (Å²) in [5, 5.41) is 60.9. The SMILES string of the molecule is CC[C@H]1OC(=O)[C@H](C)C(OC2CC(C)(OC)C(O)C(C)O2)[C@H](C)C(OC2OC(C)CC(N(C)C)C2O)[C@](C)(O)C[C@@H](C)CN[C@H](C)[C@@H](O)[C@]1(C)O. The van der Waals surface area contributed by atoms with Gasteiger partial charge >= 0.3 is 5.97 Å². The highest BCUT2D eigenvalue weighted by Crippen LogP contribution is 2.40. The number of hydrogen-bond donors (Lipinski definition) is 6. The average molecular weight is 735 g/mol. The standard InChI is InChI=1S/C37H70N2O12/c1-14-26-37(10,45)30(41)23(6)38-18-19(2)16-35(8,44)32(51-34-28(40)25(39(11)12)15-20(3)47-34)21(4)29(22(5)33(43)49-26)50-27-17-36(9,46-13)31(42)24(7)48-27/h19-32,34,38,40-42,44-45H,14-18H2,1-13H3/t19-,20?,21+,22-,23-,24?,25?,26-,27?,28?,29?,30-,31?,32?,34?,35-,36?,37-/m1/s1. The van der Waals surface area contributed by atoms with Gasteiger partial charge in [-0.2, -0.15) is 0 Å². The number of aliphatic hydroxyl groups is 5. The summed E-state index contributed by atoms with van der Waals surface area (Å²) in [5.41, 5.74) is -4.37. The van der Waals surface area contributed by atoms with Crippen LogP contribution in [-0.4, -0.2) is 154 Å². The fourth-order valence-electron chi connectivity index (χ4n) is 8.36. The Morgan fingerprint density at radius 3 is 2.14 bits per heavy atom. The predicted octanol–water partition coefficient (Wildman–Crippen LogP) is 1.56. The Labute approximate surface area is 305 Å². The van der Waals surface area contributed by atoms with Gasteiger partial charge in [0.1, 0.15) is 30.0 Å². The molecular weight excluding hydrogens is 664 g/mol. The van der Waals surface area contributed by atoms with Crippen LogP contribution in [0.25, 0.3) is 0 Å². The van der Waals surface area contributed by atoms with E-state index in [4.69, 9.17) is 28.4 Å². The largest absolute Gasteiger partial charge is 0.459 e. The number of cyclic esters (lactones) is 1. The van der Waals surface area contributed by atoms with Crippen molar-refractivity contribution in [3.63, 3.8) is 0 Å². The molecule has 10 unspecified atom stereocenters. The maximum Gasteiger partial charge on any atom is 0.311 e. The molecule has 0 spiro atoms. The van der Waals surface area contributed by atoms with Crippen LogP contribution in [0.2, 0.25) is 0 Å². The molecule has 6 N–H and O–H groups in total. The van der Waals surface area contributed by atoms with E-state index in [0.717, 1.165) is 0 Å². The number of nitrogens with zero attached hydrogens (tertiary/aromatic N) is 1. The zero-order valence-electron chi connectivity index (χ0n) is 33.2. The second kappa shape index (κ2) is 17.6. The Hall–Kier alpha value is -1.01. The van der Waals surface area contributed by atoms with Gasteiger partial charge in [0.25, 0.3) is 0 Å². The second-order valence-corrected chi connectivity index (χ2v) is 16.7. The molecule has 3 aliphatic heterocycles. The van der Waals surface area contributed by atoms with Crippen molar-refractivity contribution < 1.29 is 58.7 Å². The van der Waals surface area contributed by atoms with E-state index in [1.54, 1.807) is 41.5 Å². The number of aliphatic hydroxyl groups excluding tert-OH is 3. The average Bonchev–Trinajstić information content (AvgIpc) is 3.05. The molecule has 14 heteroatoms. The van der Waals surface area contributed by atoms with Gasteiger partial charge in [0.2, 0.25) is 0 Å². The Balaban J connectivity index is 2.15. The summed E-state index contributed by atoms with van der Waals surface area (Å²) < 4.78 is 37.4. The number of methoxy groups -OCH3 is 1. The van der Waals surface area contributed by atoms with Crippen molar-refractivity contribution >= 4 is 5.97 Å². The number of hydrogen-bond acceptors (Lipinski definition) is 14. The molecule has 0 radical (unpaired) electrons. The molecule has 3 aliphatic rings. The van der Waals surface area contributed by atoms with E-state index in [0.29, 0.717) is 13.0 Å². The predicted molar refractivity (Wildman–Crippen MR) is 190 cm³/mol. The molecule has 3 rings (SSSR count). The summed E-state index contributed by atoms with van der Waals surface area (Å²) in [6.45, 7) is 17.8. The normalized spacial score (nSPS) is 49.9. The summed E-state index contributed by atoms with van der Waals surface area (Å²) in [6.07, 6.45) is -8.22. The van der Waals surface area contributed by atoms with E-state index in [-0.39, 0.29) is 37.3 Å². The van der Waals surface area contributed by atoms with Crippen LogP contribution in [-0.2, 0) is 33.2 Å². The van der Waals surface area contributed by atoms with Crippen molar-refractivity contribution in [1.82, 2.24) is 10.2 Å². The van der Waals surface area contributed by atoms with Crippen molar-refractivity contribution in [2.45, 2.75) is 185 Å². The van der Waals surface area contributed by atoms with E-state index >= 15 is 0 Å². The highest BCUT2D eigenvalue weighted by Gasteiger charge is 2.52. The topological polar surface area (TPSA) is 189 Å². The van der Waals surface area contributed by atoms with Gasteiger partial charge < -0.3 is 64.2 Å². The van der Waals surface area contributed by atoms with Crippen LogP contribution in [0.3, 0.4) is 0 Å². The van der Waals surface area contributed by atoms with E-state index < -0.39 is 96.0 Å². The molecule has 14 nitrogen and oxygen atoms in total. The van der Waals surface area contributed by atoms with Gasteiger partial charge in [0.15, 0.2) is 12.6 Å². The quantitative estimate of drug-likeness (QED) is 0.207. The number of ether oxygens (including phenoxy) is 6. The molecule has 0 saturated carbocycles. The summed E-state index contributed by atoms with van der Waals surface area (Å²) in [6, 6.07) is -0.858. The van der Waals surface area contributed by atoms with Gasteiger partial charge in [-0.25, -0.2) is 0 Å². The smallest absolute Gasteiger partial charge is 0.311 e. The van der Waals surface area contributed by atoms with Crippen LogP contribution in [0.1, 0.15) is 94.9 Å². The van der Waals surface area contributed by atoms with Gasteiger partial charge in [0, 0.05) is 31.5 Å². The molecule has 3 saturated heterocycles. The molecule has 18 atom stereocenters. The second-order valence-electron chi connectivity index (χ2n) is 16.7. The van der Waals surface area contributed by atoms with Gasteiger partial charge in [-0.3, -0.25) is 4.79 Å². The van der Waals surface area contributed by atoms with Crippen LogP contribution < -0.4 is 5.32 Å². The molecule has 3 heterocycles. The monoisotopic (exact) mass is 734 g/mol. The van der Waals surface area contributed by atoms with Crippen LogP contribution in [0.4, 0.5) is 0 Å². The van der Waals surface area contributed by atoms with Gasteiger partial charge in [-0.15, -0.1) is 0 Å². The molecule has 300 valence electrons. The number of likely N-dealkylation sites (N-methyl/N-ethyl adjacent to an activating group) is 1. The molecular formula is C37H70N2O12. The lowest BCUT2D eigenvalue weighted by Crippen LogP contribution is -2.60. The van der Waals surface area contributed by atoms with E-state index in [9.17, 15) is 30.3 Å². The molecule has 3 fully saturated rings. The molecule has 0 bridgehead atoms. The molecule has 0 aromatic carbocycles. The first-order valence-electron chi connectivity index (χ1n) is 18.8. The minimum atomic E-state index is -1.80. The minimum absolute atomic E-state index is 0.132. The zero-order chi connectivity index (χ0) is 38.8. The Bertz CT molecular complexity index is 1110. The van der Waals surface area contributed by atoms with Crippen molar-refractivity contribution in [2.24, 2.45) is 17.8 Å². The molecule has 0 amide bonds. The maximum absolute atomic E-state index is 14.1. The van der Waals surface area contributed by atoms with Gasteiger partial charge in [0.05, 0.1) is 41.5 Å². The molecule has 51 heavy (non-hydrogen) atoms. The third kappa shape index (κ3) is 10.2. The fraction of sp³-hybridized carbons (Fsp3) is 0.973. The van der Waals surface area contributed by atoms with Crippen molar-refractivity contribution in [3.8, 4) is 0 Å². The number of nitrogens with one attached hydrogen (secondary N) is 1. The van der Waals surface area contributed by atoms with Crippen LogP contribution in [0.15, 0.2) is 0 Å². The van der Waals surface area contributed by atoms with Crippen LogP contribution in [0, 0.1) is 17.8 Å². The lowest BCUT2D eigenvalue weighted by Gasteiger charge is -2.48. The first-order valence-corrected chi connectivity index (χ1v) is 18.8. The summed E-state index contributed by atoms with van der Waals surface area (Å²) in [7, 11) is 5.27.